The normalized spacial score (nSPS) is 9.95. The van der Waals surface area contributed by atoms with Crippen molar-refractivity contribution in [2.24, 2.45) is 0 Å². The molecule has 1 aromatic carbocycles. The fraction of sp³-hybridized carbons (Fsp3) is 0.0769. The molecule has 108 valence electrons. The number of carboxylic acid groups (broad SMARTS) is 1. The van der Waals surface area contributed by atoms with Gasteiger partial charge in [-0.2, -0.15) is 0 Å². The van der Waals surface area contributed by atoms with Gasteiger partial charge in [0, 0.05) is 31.4 Å². The van der Waals surface area contributed by atoms with Crippen molar-refractivity contribution in [1.82, 2.24) is 4.98 Å². The average Bonchev–Trinajstić information content (AvgIpc) is 2.47. The molecule has 1 heterocycles. The summed E-state index contributed by atoms with van der Waals surface area (Å²) < 4.78 is 5.43. The number of hydrogen-bond donors (Lipinski definition) is 1. The molecule has 8 heteroatoms. The summed E-state index contributed by atoms with van der Waals surface area (Å²) in [6, 6.07) is 8.90. The van der Waals surface area contributed by atoms with Gasteiger partial charge >= 0.3 is 6.09 Å². The molecular formula is C13H11N3O5. The minimum Gasteiger partial charge on any atom is -0.465 e. The minimum absolute atomic E-state index is 0.0825. The van der Waals surface area contributed by atoms with E-state index in [0.29, 0.717) is 5.88 Å². The van der Waals surface area contributed by atoms with Crippen molar-refractivity contribution in [3.05, 3.63) is 52.7 Å². The Morgan fingerprint density at radius 1 is 1.38 bits per heavy atom. The Bertz CT molecular complexity index is 675. The van der Waals surface area contributed by atoms with Crippen molar-refractivity contribution in [2.45, 2.75) is 0 Å². The van der Waals surface area contributed by atoms with Gasteiger partial charge < -0.3 is 9.84 Å². The van der Waals surface area contributed by atoms with Crippen molar-refractivity contribution >= 4 is 17.5 Å². The maximum atomic E-state index is 11.0. The number of carbonyl (C=O) groups is 1. The lowest BCUT2D eigenvalue weighted by atomic mass is 10.2. The van der Waals surface area contributed by atoms with E-state index >= 15 is 0 Å². The number of rotatable bonds is 4. The molecular weight excluding hydrogens is 278 g/mol. The number of nitro groups is 1. The summed E-state index contributed by atoms with van der Waals surface area (Å²) in [5.41, 5.74) is -0.408. The van der Waals surface area contributed by atoms with E-state index in [1.165, 1.54) is 31.4 Å². The van der Waals surface area contributed by atoms with E-state index in [-0.39, 0.29) is 17.1 Å². The summed E-state index contributed by atoms with van der Waals surface area (Å²) in [5, 5.41) is 19.9. The molecule has 21 heavy (non-hydrogen) atoms. The van der Waals surface area contributed by atoms with Gasteiger partial charge in [0.1, 0.15) is 11.4 Å². The Morgan fingerprint density at radius 3 is 2.71 bits per heavy atom. The highest BCUT2D eigenvalue weighted by Gasteiger charge is 2.22. The molecule has 0 aliphatic carbocycles. The Hall–Kier alpha value is -3.16. The Balaban J connectivity index is 2.39. The van der Waals surface area contributed by atoms with Crippen LogP contribution in [0.15, 0.2) is 42.6 Å². The van der Waals surface area contributed by atoms with E-state index in [0.717, 1.165) is 4.90 Å². The van der Waals surface area contributed by atoms with Crippen LogP contribution in [0.2, 0.25) is 0 Å². The topological polar surface area (TPSA) is 106 Å². The number of pyridine rings is 1. The van der Waals surface area contributed by atoms with Gasteiger partial charge in [-0.05, 0) is 12.1 Å². The van der Waals surface area contributed by atoms with E-state index in [1.54, 1.807) is 18.2 Å². The van der Waals surface area contributed by atoms with Crippen molar-refractivity contribution in [3.63, 3.8) is 0 Å². The molecule has 1 N–H and O–H groups in total. The number of aromatic nitrogens is 1. The third kappa shape index (κ3) is 3.24. The van der Waals surface area contributed by atoms with E-state index in [4.69, 9.17) is 9.84 Å². The highest BCUT2D eigenvalue weighted by atomic mass is 16.6. The Labute approximate surface area is 119 Å². The molecule has 0 fully saturated rings. The van der Waals surface area contributed by atoms with Gasteiger partial charge in [-0.1, -0.05) is 6.07 Å². The van der Waals surface area contributed by atoms with Crippen LogP contribution < -0.4 is 9.64 Å². The largest absolute Gasteiger partial charge is 0.465 e. The molecule has 1 amide bonds. The summed E-state index contributed by atoms with van der Waals surface area (Å²) in [5.74, 6) is 0.553. The van der Waals surface area contributed by atoms with Crippen LogP contribution in [-0.4, -0.2) is 28.2 Å². The van der Waals surface area contributed by atoms with Gasteiger partial charge in [0.2, 0.25) is 5.88 Å². The lowest BCUT2D eigenvalue weighted by molar-refractivity contribution is -0.384. The molecule has 0 bridgehead atoms. The molecule has 0 aliphatic rings. The van der Waals surface area contributed by atoms with Gasteiger partial charge in [0.05, 0.1) is 4.92 Å². The van der Waals surface area contributed by atoms with E-state index in [9.17, 15) is 14.9 Å². The minimum atomic E-state index is -1.31. The predicted molar refractivity (Wildman–Crippen MR) is 73.8 cm³/mol. The van der Waals surface area contributed by atoms with Crippen LogP contribution in [0.4, 0.5) is 16.2 Å². The molecule has 2 rings (SSSR count). The van der Waals surface area contributed by atoms with Gasteiger partial charge in [0.25, 0.3) is 5.69 Å². The van der Waals surface area contributed by atoms with E-state index in [2.05, 4.69) is 4.98 Å². The summed E-state index contributed by atoms with van der Waals surface area (Å²) in [4.78, 5) is 26.0. The summed E-state index contributed by atoms with van der Waals surface area (Å²) in [7, 11) is 1.22. The first-order chi connectivity index (χ1) is 9.99. The second kappa shape index (κ2) is 5.87. The monoisotopic (exact) mass is 289 g/mol. The third-order valence-corrected chi connectivity index (χ3v) is 2.65. The van der Waals surface area contributed by atoms with Crippen LogP contribution in [0.5, 0.6) is 11.6 Å². The maximum Gasteiger partial charge on any atom is 0.411 e. The number of hydrogen-bond acceptors (Lipinski definition) is 5. The molecule has 8 nitrogen and oxygen atoms in total. The maximum absolute atomic E-state index is 11.0. The third-order valence-electron chi connectivity index (χ3n) is 2.65. The number of anilines is 1. The first-order valence-electron chi connectivity index (χ1n) is 5.83. The van der Waals surface area contributed by atoms with Crippen LogP contribution in [-0.2, 0) is 0 Å². The van der Waals surface area contributed by atoms with Gasteiger partial charge in [-0.25, -0.2) is 9.78 Å². The first-order valence-corrected chi connectivity index (χ1v) is 5.83. The van der Waals surface area contributed by atoms with E-state index in [1.807, 2.05) is 0 Å². The molecule has 0 radical (unpaired) electrons. The summed E-state index contributed by atoms with van der Waals surface area (Å²) >= 11 is 0. The lowest BCUT2D eigenvalue weighted by Gasteiger charge is -2.14. The van der Waals surface area contributed by atoms with Crippen molar-refractivity contribution in [2.75, 3.05) is 11.9 Å². The standard InChI is InChI=1S/C13H11N3O5/c1-15(13(17)18)11-8-9(5-6-10(11)16(19)20)21-12-4-2-3-7-14-12/h2-8H,1H3,(H,17,18). The van der Waals surface area contributed by atoms with Crippen LogP contribution >= 0.6 is 0 Å². The van der Waals surface area contributed by atoms with Gasteiger partial charge in [-0.3, -0.25) is 15.0 Å². The first kappa shape index (κ1) is 14.3. The Kier molecular flexibility index (Phi) is 3.98. The molecule has 2 aromatic rings. The summed E-state index contributed by atoms with van der Waals surface area (Å²) in [6.07, 6.45) is 0.221. The van der Waals surface area contributed by atoms with Crippen molar-refractivity contribution in [3.8, 4) is 11.6 Å². The fourth-order valence-corrected chi connectivity index (χ4v) is 1.62. The zero-order chi connectivity index (χ0) is 15.4. The second-order valence-corrected chi connectivity index (χ2v) is 4.02. The molecule has 0 unspecified atom stereocenters. The molecule has 0 saturated heterocycles. The van der Waals surface area contributed by atoms with Crippen LogP contribution in [0, 0.1) is 10.1 Å². The number of amides is 1. The number of nitro benzene ring substituents is 1. The number of benzene rings is 1. The molecule has 1 aromatic heterocycles. The average molecular weight is 289 g/mol. The van der Waals surface area contributed by atoms with Crippen molar-refractivity contribution < 1.29 is 19.6 Å². The highest BCUT2D eigenvalue weighted by Crippen LogP contribution is 2.33. The van der Waals surface area contributed by atoms with Gasteiger partial charge in [0.15, 0.2) is 0 Å². The fourth-order valence-electron chi connectivity index (χ4n) is 1.62. The smallest absolute Gasteiger partial charge is 0.411 e. The van der Waals surface area contributed by atoms with Crippen LogP contribution in [0.25, 0.3) is 0 Å². The lowest BCUT2D eigenvalue weighted by Crippen LogP contribution is -2.24. The zero-order valence-corrected chi connectivity index (χ0v) is 11.0. The molecule has 0 aliphatic heterocycles. The molecule has 0 spiro atoms. The molecule has 0 saturated carbocycles. The predicted octanol–water partition coefficient (Wildman–Crippen LogP) is 2.90. The summed E-state index contributed by atoms with van der Waals surface area (Å²) in [6.45, 7) is 0. The van der Waals surface area contributed by atoms with Crippen molar-refractivity contribution in [1.29, 1.82) is 0 Å². The van der Waals surface area contributed by atoms with Gasteiger partial charge in [-0.15, -0.1) is 0 Å². The van der Waals surface area contributed by atoms with Crippen LogP contribution in [0.3, 0.4) is 0 Å². The van der Waals surface area contributed by atoms with Crippen LogP contribution in [0.1, 0.15) is 0 Å². The zero-order valence-electron chi connectivity index (χ0n) is 11.0. The Morgan fingerprint density at radius 2 is 2.14 bits per heavy atom. The SMILES string of the molecule is CN(C(=O)O)c1cc(Oc2ccccn2)ccc1[N+](=O)[O-]. The number of ether oxygens (including phenoxy) is 1. The second-order valence-electron chi connectivity index (χ2n) is 4.02. The number of nitrogens with zero attached hydrogens (tertiary/aromatic N) is 3. The quantitative estimate of drug-likeness (QED) is 0.685. The highest BCUT2D eigenvalue weighted by molar-refractivity contribution is 5.89. The van der Waals surface area contributed by atoms with E-state index < -0.39 is 11.0 Å². The molecule has 0 atom stereocenters.